The van der Waals surface area contributed by atoms with Crippen LogP contribution in [0.4, 0.5) is 11.4 Å². The molecule has 0 unspecified atom stereocenters. The smallest absolute Gasteiger partial charge is 0.337 e. The Morgan fingerprint density at radius 1 is 1.12 bits per heavy atom. The number of ether oxygens (including phenoxy) is 1. The highest BCUT2D eigenvalue weighted by Gasteiger charge is 2.09. The van der Waals surface area contributed by atoms with E-state index >= 15 is 0 Å². The summed E-state index contributed by atoms with van der Waals surface area (Å²) in [7, 11) is 1.34. The van der Waals surface area contributed by atoms with E-state index in [1.54, 1.807) is 24.3 Å². The molecule has 5 nitrogen and oxygen atoms in total. The van der Waals surface area contributed by atoms with Gasteiger partial charge in [-0.25, -0.2) is 4.79 Å². The van der Waals surface area contributed by atoms with Gasteiger partial charge in [0.15, 0.2) is 0 Å². The van der Waals surface area contributed by atoms with E-state index in [1.165, 1.54) is 7.11 Å². The normalized spacial score (nSPS) is 10.2. The molecule has 0 spiro atoms. The second kappa shape index (κ2) is 8.53. The molecular formula is C19H21ClN2O3. The highest BCUT2D eigenvalue weighted by molar-refractivity contribution is 6.34. The van der Waals surface area contributed by atoms with Crippen molar-refractivity contribution in [1.82, 2.24) is 0 Å². The molecule has 0 aliphatic heterocycles. The molecule has 25 heavy (non-hydrogen) atoms. The lowest BCUT2D eigenvalue weighted by molar-refractivity contribution is -0.115. The highest BCUT2D eigenvalue weighted by atomic mass is 35.5. The Morgan fingerprint density at radius 2 is 1.80 bits per heavy atom. The van der Waals surface area contributed by atoms with Gasteiger partial charge in [-0.15, -0.1) is 0 Å². The zero-order chi connectivity index (χ0) is 18.4. The monoisotopic (exact) mass is 360 g/mol. The lowest BCUT2D eigenvalue weighted by Gasteiger charge is -2.12. The van der Waals surface area contributed by atoms with Gasteiger partial charge in [0, 0.05) is 18.7 Å². The third-order valence-corrected chi connectivity index (χ3v) is 3.98. The third-order valence-electron chi connectivity index (χ3n) is 3.68. The van der Waals surface area contributed by atoms with E-state index in [0.29, 0.717) is 29.2 Å². The number of hydrogen-bond acceptors (Lipinski definition) is 4. The summed E-state index contributed by atoms with van der Waals surface area (Å²) >= 11 is 6.19. The van der Waals surface area contributed by atoms with Crippen LogP contribution in [0.1, 0.15) is 27.9 Å². The van der Waals surface area contributed by atoms with Crippen molar-refractivity contribution < 1.29 is 14.3 Å². The van der Waals surface area contributed by atoms with Crippen molar-refractivity contribution in [2.24, 2.45) is 0 Å². The third kappa shape index (κ3) is 5.22. The van der Waals surface area contributed by atoms with E-state index in [0.717, 1.165) is 16.8 Å². The Kier molecular flexibility index (Phi) is 6.42. The molecule has 6 heteroatoms. The minimum absolute atomic E-state index is 0.118. The Bertz CT molecular complexity index is 750. The molecule has 0 bridgehead atoms. The maximum absolute atomic E-state index is 12.1. The van der Waals surface area contributed by atoms with E-state index in [2.05, 4.69) is 15.4 Å². The molecule has 132 valence electrons. The van der Waals surface area contributed by atoms with Gasteiger partial charge in [-0.1, -0.05) is 17.7 Å². The van der Waals surface area contributed by atoms with Crippen LogP contribution in [0.15, 0.2) is 36.4 Å². The number of hydrogen-bond donors (Lipinski definition) is 2. The van der Waals surface area contributed by atoms with Crippen LogP contribution in [0.2, 0.25) is 5.02 Å². The fourth-order valence-electron chi connectivity index (χ4n) is 2.44. The van der Waals surface area contributed by atoms with Gasteiger partial charge in [-0.3, -0.25) is 4.79 Å². The second-order valence-electron chi connectivity index (χ2n) is 5.73. The minimum Gasteiger partial charge on any atom is -0.465 e. The number of rotatable bonds is 6. The highest BCUT2D eigenvalue weighted by Crippen LogP contribution is 2.27. The molecule has 0 radical (unpaired) electrons. The van der Waals surface area contributed by atoms with Gasteiger partial charge in [-0.2, -0.15) is 0 Å². The fourth-order valence-corrected chi connectivity index (χ4v) is 2.81. The summed E-state index contributed by atoms with van der Waals surface area (Å²) in [6.45, 7) is 4.33. The molecule has 0 fully saturated rings. The SMILES string of the molecule is COC(=O)c1ccc(NCCC(=O)Nc2c(C)cc(C)cc2Cl)cc1. The molecule has 0 heterocycles. The van der Waals surface area contributed by atoms with Crippen molar-refractivity contribution in [3.63, 3.8) is 0 Å². The predicted molar refractivity (Wildman–Crippen MR) is 100 cm³/mol. The van der Waals surface area contributed by atoms with Gasteiger partial charge in [-0.05, 0) is 55.3 Å². The molecule has 0 saturated heterocycles. The number of carbonyl (C=O) groups is 2. The molecular weight excluding hydrogens is 340 g/mol. The molecule has 2 N–H and O–H groups in total. The summed E-state index contributed by atoms with van der Waals surface area (Å²) in [5.41, 5.74) is 3.95. The summed E-state index contributed by atoms with van der Waals surface area (Å²) in [4.78, 5) is 23.5. The first kappa shape index (κ1) is 18.8. The van der Waals surface area contributed by atoms with E-state index < -0.39 is 0 Å². The van der Waals surface area contributed by atoms with E-state index in [4.69, 9.17) is 11.6 Å². The van der Waals surface area contributed by atoms with Crippen molar-refractivity contribution in [2.45, 2.75) is 20.3 Å². The Labute approximate surface area is 152 Å². The summed E-state index contributed by atoms with van der Waals surface area (Å²) in [5.74, 6) is -0.496. The number of aryl methyl sites for hydroxylation is 2. The number of anilines is 2. The minimum atomic E-state index is -0.378. The zero-order valence-electron chi connectivity index (χ0n) is 14.5. The van der Waals surface area contributed by atoms with E-state index in [1.807, 2.05) is 26.0 Å². The molecule has 0 aliphatic rings. The van der Waals surface area contributed by atoms with Crippen molar-refractivity contribution in [2.75, 3.05) is 24.3 Å². The first-order chi connectivity index (χ1) is 11.9. The predicted octanol–water partition coefficient (Wildman–Crippen LogP) is 4.18. The van der Waals surface area contributed by atoms with Gasteiger partial charge in [0.2, 0.25) is 5.91 Å². The van der Waals surface area contributed by atoms with Gasteiger partial charge in [0.1, 0.15) is 0 Å². The van der Waals surface area contributed by atoms with Gasteiger partial charge in [0.05, 0.1) is 23.4 Å². The number of carbonyl (C=O) groups excluding carboxylic acids is 2. The molecule has 2 rings (SSSR count). The number of esters is 1. The summed E-state index contributed by atoms with van der Waals surface area (Å²) in [6.07, 6.45) is 0.294. The largest absolute Gasteiger partial charge is 0.465 e. The first-order valence-corrected chi connectivity index (χ1v) is 8.27. The van der Waals surface area contributed by atoms with Crippen LogP contribution in [-0.4, -0.2) is 25.5 Å². The van der Waals surface area contributed by atoms with Crippen LogP contribution in [0.3, 0.4) is 0 Å². The molecule has 0 atom stereocenters. The zero-order valence-corrected chi connectivity index (χ0v) is 15.2. The van der Waals surface area contributed by atoms with Gasteiger partial charge < -0.3 is 15.4 Å². The quantitative estimate of drug-likeness (QED) is 0.758. The van der Waals surface area contributed by atoms with Gasteiger partial charge >= 0.3 is 5.97 Å². The van der Waals surface area contributed by atoms with Crippen LogP contribution in [0, 0.1) is 13.8 Å². The standard InChI is InChI=1S/C19H21ClN2O3/c1-12-10-13(2)18(16(20)11-12)22-17(23)8-9-21-15-6-4-14(5-7-15)19(24)25-3/h4-7,10-11,21H,8-9H2,1-3H3,(H,22,23). The maximum atomic E-state index is 12.1. The van der Waals surface area contributed by atoms with Crippen LogP contribution in [0.5, 0.6) is 0 Å². The van der Waals surface area contributed by atoms with Crippen LogP contribution < -0.4 is 10.6 Å². The van der Waals surface area contributed by atoms with Gasteiger partial charge in [0.25, 0.3) is 0 Å². The summed E-state index contributed by atoms with van der Waals surface area (Å²) < 4.78 is 4.65. The number of amides is 1. The average molecular weight is 361 g/mol. The van der Waals surface area contributed by atoms with Crippen LogP contribution in [0.25, 0.3) is 0 Å². The summed E-state index contributed by atoms with van der Waals surface area (Å²) in [6, 6.07) is 10.7. The molecule has 2 aromatic carbocycles. The number of halogens is 1. The lowest BCUT2D eigenvalue weighted by Crippen LogP contribution is -2.17. The topological polar surface area (TPSA) is 67.4 Å². The Morgan fingerprint density at radius 3 is 2.40 bits per heavy atom. The van der Waals surface area contributed by atoms with Crippen molar-refractivity contribution >= 4 is 34.9 Å². The van der Waals surface area contributed by atoms with Crippen LogP contribution >= 0.6 is 11.6 Å². The Balaban J connectivity index is 1.86. The molecule has 2 aromatic rings. The lowest BCUT2D eigenvalue weighted by atomic mass is 10.1. The summed E-state index contributed by atoms with van der Waals surface area (Å²) in [5, 5.41) is 6.53. The number of methoxy groups -OCH3 is 1. The van der Waals surface area contributed by atoms with Crippen molar-refractivity contribution in [3.8, 4) is 0 Å². The Hall–Kier alpha value is -2.53. The molecule has 1 amide bonds. The number of benzene rings is 2. The second-order valence-corrected chi connectivity index (χ2v) is 6.14. The molecule has 0 aliphatic carbocycles. The van der Waals surface area contributed by atoms with E-state index in [-0.39, 0.29) is 11.9 Å². The number of nitrogens with one attached hydrogen (secondary N) is 2. The van der Waals surface area contributed by atoms with E-state index in [9.17, 15) is 9.59 Å². The van der Waals surface area contributed by atoms with Crippen molar-refractivity contribution in [3.05, 3.63) is 58.1 Å². The maximum Gasteiger partial charge on any atom is 0.337 e. The van der Waals surface area contributed by atoms with Crippen molar-refractivity contribution in [1.29, 1.82) is 0 Å². The molecule has 0 aromatic heterocycles. The van der Waals surface area contributed by atoms with Crippen LogP contribution in [-0.2, 0) is 9.53 Å². The fraction of sp³-hybridized carbons (Fsp3) is 0.263. The average Bonchev–Trinajstić information content (AvgIpc) is 2.58. The molecule has 0 saturated carbocycles. The first-order valence-electron chi connectivity index (χ1n) is 7.89.